The Bertz CT molecular complexity index is 552. The average molecular weight is 284 g/mol. The summed E-state index contributed by atoms with van der Waals surface area (Å²) in [7, 11) is 0. The van der Waals surface area contributed by atoms with Crippen molar-refractivity contribution in [3.8, 4) is 0 Å². The maximum Gasteiger partial charge on any atom is 0.139 e. The summed E-state index contributed by atoms with van der Waals surface area (Å²) in [5, 5.41) is 0. The van der Waals surface area contributed by atoms with E-state index in [1.807, 2.05) is 0 Å². The normalized spacial score (nSPS) is 45.9. The Kier molecular flexibility index (Phi) is 3.00. The van der Waals surface area contributed by atoms with Crippen molar-refractivity contribution in [1.29, 1.82) is 0 Å². The highest BCUT2D eigenvalue weighted by Gasteiger charge is 2.55. The number of Topliss-reactive ketones (excluding diaryl/α,β-unsaturated/α-hetero) is 1. The van der Waals surface area contributed by atoms with E-state index in [4.69, 9.17) is 0 Å². The third-order valence-electron chi connectivity index (χ3n) is 7.53. The summed E-state index contributed by atoms with van der Waals surface area (Å²) < 4.78 is 0. The van der Waals surface area contributed by atoms with Crippen LogP contribution in [0.2, 0.25) is 0 Å². The molecule has 0 radical (unpaired) electrons. The van der Waals surface area contributed by atoms with Gasteiger partial charge >= 0.3 is 0 Å². The Hall–Kier alpha value is -0.850. The van der Waals surface area contributed by atoms with E-state index in [0.29, 0.717) is 11.7 Å². The quantitative estimate of drug-likeness (QED) is 0.606. The highest BCUT2D eigenvalue weighted by atomic mass is 16.1. The van der Waals surface area contributed by atoms with Gasteiger partial charge in [0.1, 0.15) is 5.78 Å². The van der Waals surface area contributed by atoms with Crippen LogP contribution in [0.25, 0.3) is 0 Å². The monoisotopic (exact) mass is 284 g/mol. The number of fused-ring (bicyclic) bond motifs is 5. The summed E-state index contributed by atoms with van der Waals surface area (Å²) in [6.07, 6.45) is 10.8. The Balaban J connectivity index is 1.69. The molecule has 0 aliphatic heterocycles. The fraction of sp³-hybridized carbons (Fsp3) is 0.750. The first kappa shape index (κ1) is 13.8. The Morgan fingerprint density at radius 2 is 2.00 bits per heavy atom. The van der Waals surface area contributed by atoms with Crippen LogP contribution in [-0.4, -0.2) is 5.78 Å². The molecule has 1 nitrogen and oxygen atoms in total. The summed E-state index contributed by atoms with van der Waals surface area (Å²) in [6.45, 7) is 7.01. The fourth-order valence-electron chi connectivity index (χ4n) is 6.00. The molecule has 1 heteroatoms. The van der Waals surface area contributed by atoms with Crippen LogP contribution in [0.4, 0.5) is 0 Å². The van der Waals surface area contributed by atoms with Gasteiger partial charge in [-0.2, -0.15) is 0 Å². The minimum Gasteiger partial charge on any atom is -0.299 e. The zero-order chi connectivity index (χ0) is 14.8. The molecule has 114 valence electrons. The highest BCUT2D eigenvalue weighted by Crippen LogP contribution is 2.60. The molecule has 0 aromatic carbocycles. The van der Waals surface area contributed by atoms with E-state index in [9.17, 15) is 4.79 Å². The highest BCUT2D eigenvalue weighted by molar-refractivity contribution is 5.87. The van der Waals surface area contributed by atoms with Gasteiger partial charge in [-0.3, -0.25) is 4.79 Å². The molecule has 4 rings (SSSR count). The van der Waals surface area contributed by atoms with Crippen molar-refractivity contribution in [2.75, 3.05) is 0 Å². The minimum atomic E-state index is 0.0277. The lowest BCUT2D eigenvalue weighted by Gasteiger charge is -2.50. The zero-order valence-electron chi connectivity index (χ0n) is 13.7. The van der Waals surface area contributed by atoms with Crippen LogP contribution in [0.5, 0.6) is 0 Å². The standard InChI is InChI=1S/C20H28O/c1-12-4-5-15-14(13(12)2)6-7-17-16(15)10-11-20(3)18(17)8-9-19(20)21/h5,12,16-18H,4,6-11H2,1-3H3. The van der Waals surface area contributed by atoms with E-state index >= 15 is 0 Å². The molecule has 0 saturated heterocycles. The second-order valence-corrected chi connectivity index (χ2v) is 8.29. The smallest absolute Gasteiger partial charge is 0.139 e. The maximum absolute atomic E-state index is 12.4. The topological polar surface area (TPSA) is 17.1 Å². The average Bonchev–Trinajstić information content (AvgIpc) is 2.78. The third kappa shape index (κ3) is 1.79. The molecule has 4 aliphatic rings. The van der Waals surface area contributed by atoms with Crippen LogP contribution < -0.4 is 0 Å². The summed E-state index contributed by atoms with van der Waals surface area (Å²) in [5.74, 6) is 3.52. The summed E-state index contributed by atoms with van der Waals surface area (Å²) in [4.78, 5) is 12.4. The molecule has 0 bridgehead atoms. The van der Waals surface area contributed by atoms with Gasteiger partial charge in [-0.25, -0.2) is 0 Å². The van der Waals surface area contributed by atoms with Crippen molar-refractivity contribution >= 4 is 5.78 Å². The van der Waals surface area contributed by atoms with Crippen molar-refractivity contribution in [3.63, 3.8) is 0 Å². The van der Waals surface area contributed by atoms with Gasteiger partial charge in [0.25, 0.3) is 0 Å². The number of carbonyl (C=O) groups excluding carboxylic acids is 1. The van der Waals surface area contributed by atoms with Crippen LogP contribution >= 0.6 is 0 Å². The van der Waals surface area contributed by atoms with Crippen LogP contribution in [0.1, 0.15) is 65.7 Å². The van der Waals surface area contributed by atoms with Gasteiger partial charge in [-0.05, 0) is 80.3 Å². The van der Waals surface area contributed by atoms with Crippen LogP contribution in [0.3, 0.4) is 0 Å². The van der Waals surface area contributed by atoms with Gasteiger partial charge in [0.15, 0.2) is 0 Å². The number of ketones is 1. The maximum atomic E-state index is 12.4. The molecule has 5 atom stereocenters. The van der Waals surface area contributed by atoms with Crippen molar-refractivity contribution in [3.05, 3.63) is 22.8 Å². The zero-order valence-corrected chi connectivity index (χ0v) is 13.7. The molecule has 3 fully saturated rings. The van der Waals surface area contributed by atoms with Crippen molar-refractivity contribution in [2.45, 2.75) is 65.7 Å². The van der Waals surface area contributed by atoms with Crippen molar-refractivity contribution in [1.82, 2.24) is 0 Å². The summed E-state index contributed by atoms with van der Waals surface area (Å²) in [6, 6.07) is 0. The predicted molar refractivity (Wildman–Crippen MR) is 85.9 cm³/mol. The van der Waals surface area contributed by atoms with E-state index in [0.717, 1.165) is 37.0 Å². The lowest BCUT2D eigenvalue weighted by Crippen LogP contribution is -2.44. The molecule has 0 N–H and O–H groups in total. The van der Waals surface area contributed by atoms with Gasteiger partial charge in [-0.15, -0.1) is 0 Å². The molecule has 0 heterocycles. The van der Waals surface area contributed by atoms with E-state index in [-0.39, 0.29) is 5.41 Å². The van der Waals surface area contributed by atoms with E-state index in [1.54, 1.807) is 16.7 Å². The van der Waals surface area contributed by atoms with E-state index in [2.05, 4.69) is 26.8 Å². The van der Waals surface area contributed by atoms with Crippen LogP contribution in [-0.2, 0) is 4.79 Å². The molecule has 0 aromatic heterocycles. The van der Waals surface area contributed by atoms with E-state index in [1.165, 1.54) is 25.7 Å². The molecule has 0 aromatic rings. The largest absolute Gasteiger partial charge is 0.299 e. The molecule has 0 amide bonds. The Morgan fingerprint density at radius 3 is 2.81 bits per heavy atom. The molecular weight excluding hydrogens is 256 g/mol. The number of carbonyl (C=O) groups is 1. The van der Waals surface area contributed by atoms with E-state index < -0.39 is 0 Å². The van der Waals surface area contributed by atoms with Gasteiger partial charge < -0.3 is 0 Å². The lowest BCUT2D eigenvalue weighted by atomic mass is 9.54. The molecular formula is C20H28O. The van der Waals surface area contributed by atoms with Crippen molar-refractivity contribution < 1.29 is 4.79 Å². The molecule has 4 aliphatic carbocycles. The summed E-state index contributed by atoms with van der Waals surface area (Å²) >= 11 is 0. The number of allylic oxidation sites excluding steroid dienone is 4. The third-order valence-corrected chi connectivity index (χ3v) is 7.53. The molecule has 0 spiro atoms. The SMILES string of the molecule is CC1=C2CCC3C(CCC4(C)C(=O)CCC34)C2=CCC1C. The second-order valence-electron chi connectivity index (χ2n) is 8.29. The number of hydrogen-bond acceptors (Lipinski definition) is 1. The number of hydrogen-bond donors (Lipinski definition) is 0. The van der Waals surface area contributed by atoms with Gasteiger partial charge in [-0.1, -0.05) is 25.5 Å². The second kappa shape index (κ2) is 4.57. The Morgan fingerprint density at radius 1 is 1.19 bits per heavy atom. The van der Waals surface area contributed by atoms with Gasteiger partial charge in [0.05, 0.1) is 0 Å². The molecule has 3 saturated carbocycles. The Labute approximate surface area is 128 Å². The predicted octanol–water partition coefficient (Wildman–Crippen LogP) is 5.07. The number of rotatable bonds is 0. The first-order chi connectivity index (χ1) is 10.0. The van der Waals surface area contributed by atoms with Gasteiger partial charge in [0.2, 0.25) is 0 Å². The lowest BCUT2D eigenvalue weighted by molar-refractivity contribution is -0.129. The van der Waals surface area contributed by atoms with Gasteiger partial charge in [0, 0.05) is 11.8 Å². The fourth-order valence-corrected chi connectivity index (χ4v) is 6.00. The van der Waals surface area contributed by atoms with Crippen molar-refractivity contribution in [2.24, 2.45) is 29.1 Å². The first-order valence-electron chi connectivity index (χ1n) is 8.95. The van der Waals surface area contributed by atoms with Crippen LogP contribution in [0.15, 0.2) is 22.8 Å². The summed E-state index contributed by atoms with van der Waals surface area (Å²) in [5.41, 5.74) is 5.08. The first-order valence-corrected chi connectivity index (χ1v) is 8.95. The minimum absolute atomic E-state index is 0.0277. The molecule has 5 unspecified atom stereocenters. The molecule has 21 heavy (non-hydrogen) atoms. The van der Waals surface area contributed by atoms with Crippen LogP contribution in [0, 0.1) is 29.1 Å².